The zero-order valence-corrected chi connectivity index (χ0v) is 17.7. The molecule has 0 aliphatic heterocycles. The molecule has 1 unspecified atom stereocenters. The highest BCUT2D eigenvalue weighted by molar-refractivity contribution is 7.89. The zero-order chi connectivity index (χ0) is 23.0. The molecule has 0 amide bonds. The first kappa shape index (κ1) is 21.9. The average molecular weight is 476 g/mol. The third-order valence-corrected chi connectivity index (χ3v) is 6.09. The SMILES string of the molecule is N[S+]([O-])c1cccc(Cc2c(-c3ccc(F)c(F)c3)nn(-c3nc(C(=O)O)cs3)c2O)c1. The molecule has 4 aromatic rings. The summed E-state index contributed by atoms with van der Waals surface area (Å²) in [5.74, 6) is -3.73. The largest absolute Gasteiger partial charge is 0.593 e. The second-order valence-corrected chi connectivity index (χ2v) is 8.54. The third-order valence-electron chi connectivity index (χ3n) is 4.55. The van der Waals surface area contributed by atoms with Crippen molar-refractivity contribution in [3.8, 4) is 22.3 Å². The number of aromatic nitrogens is 3. The van der Waals surface area contributed by atoms with Gasteiger partial charge in [0.05, 0.1) is 11.4 Å². The summed E-state index contributed by atoms with van der Waals surface area (Å²) in [6.07, 6.45) is 0.0857. The van der Waals surface area contributed by atoms with E-state index in [1.54, 1.807) is 24.3 Å². The minimum absolute atomic E-state index is 0.0757. The van der Waals surface area contributed by atoms with Crippen molar-refractivity contribution in [2.75, 3.05) is 0 Å². The predicted octanol–water partition coefficient (Wildman–Crippen LogP) is 3.25. The minimum atomic E-state index is -1.71. The molecule has 32 heavy (non-hydrogen) atoms. The van der Waals surface area contributed by atoms with E-state index in [0.717, 1.165) is 28.2 Å². The fourth-order valence-corrected chi connectivity index (χ4v) is 4.29. The van der Waals surface area contributed by atoms with Gasteiger partial charge in [-0.2, -0.15) is 9.78 Å². The Labute approximate surface area is 186 Å². The quantitative estimate of drug-likeness (QED) is 0.363. The van der Waals surface area contributed by atoms with E-state index in [2.05, 4.69) is 10.1 Å². The fourth-order valence-electron chi connectivity index (χ4n) is 3.06. The van der Waals surface area contributed by atoms with Gasteiger partial charge in [-0.3, -0.25) is 0 Å². The zero-order valence-electron chi connectivity index (χ0n) is 16.0. The topological polar surface area (TPSA) is 137 Å². The Bertz CT molecular complexity index is 1320. The van der Waals surface area contributed by atoms with Crippen LogP contribution in [0.3, 0.4) is 0 Å². The van der Waals surface area contributed by atoms with Crippen molar-refractivity contribution in [3.05, 3.63) is 76.3 Å². The van der Waals surface area contributed by atoms with Crippen LogP contribution in [0.25, 0.3) is 16.4 Å². The van der Waals surface area contributed by atoms with Gasteiger partial charge in [0.2, 0.25) is 11.0 Å². The summed E-state index contributed by atoms with van der Waals surface area (Å²) in [7, 11) is 0. The molecule has 8 nitrogen and oxygen atoms in total. The van der Waals surface area contributed by atoms with Crippen molar-refractivity contribution >= 4 is 28.7 Å². The van der Waals surface area contributed by atoms with Crippen LogP contribution in [0.5, 0.6) is 5.88 Å². The first-order chi connectivity index (χ1) is 15.2. The van der Waals surface area contributed by atoms with Gasteiger partial charge in [0.25, 0.3) is 0 Å². The number of carbonyl (C=O) groups is 1. The van der Waals surface area contributed by atoms with Gasteiger partial charge in [-0.15, -0.1) is 16.5 Å². The molecule has 0 saturated heterocycles. The van der Waals surface area contributed by atoms with Gasteiger partial charge in [-0.1, -0.05) is 12.1 Å². The number of nitrogens with zero attached hydrogens (tertiary/aromatic N) is 3. The van der Waals surface area contributed by atoms with Gasteiger partial charge in [-0.05, 0) is 35.9 Å². The van der Waals surface area contributed by atoms with E-state index >= 15 is 0 Å². The molecule has 0 aliphatic carbocycles. The smallest absolute Gasteiger partial charge is 0.355 e. The molecule has 164 valence electrons. The van der Waals surface area contributed by atoms with Crippen molar-refractivity contribution in [1.29, 1.82) is 0 Å². The summed E-state index contributed by atoms with van der Waals surface area (Å²) in [4.78, 5) is 15.5. The summed E-state index contributed by atoms with van der Waals surface area (Å²) in [5.41, 5.74) is 0.997. The number of thiazole rings is 1. The van der Waals surface area contributed by atoms with Gasteiger partial charge in [-0.25, -0.2) is 18.6 Å². The van der Waals surface area contributed by atoms with Gasteiger partial charge in [0.15, 0.2) is 22.2 Å². The normalized spacial score (nSPS) is 12.1. The summed E-state index contributed by atoms with van der Waals surface area (Å²) in [6, 6.07) is 9.73. The molecular formula is C20H14F2N4O4S2. The van der Waals surface area contributed by atoms with Crippen LogP contribution >= 0.6 is 11.3 Å². The summed E-state index contributed by atoms with van der Waals surface area (Å²) in [5, 5.41) is 31.1. The van der Waals surface area contributed by atoms with E-state index in [0.29, 0.717) is 10.5 Å². The highest BCUT2D eigenvalue weighted by Gasteiger charge is 2.23. The van der Waals surface area contributed by atoms with Crippen molar-refractivity contribution in [2.24, 2.45) is 5.14 Å². The van der Waals surface area contributed by atoms with Crippen LogP contribution in [0, 0.1) is 11.6 Å². The second-order valence-electron chi connectivity index (χ2n) is 6.63. The van der Waals surface area contributed by atoms with E-state index in [-0.39, 0.29) is 39.9 Å². The highest BCUT2D eigenvalue weighted by Crippen LogP contribution is 2.35. The van der Waals surface area contributed by atoms with Crippen LogP contribution in [-0.4, -0.2) is 35.5 Å². The molecule has 0 radical (unpaired) electrons. The number of aromatic hydroxyl groups is 1. The lowest BCUT2D eigenvalue weighted by Gasteiger charge is -2.07. The van der Waals surface area contributed by atoms with E-state index in [1.807, 2.05) is 0 Å². The van der Waals surface area contributed by atoms with Gasteiger partial charge in [0.1, 0.15) is 5.69 Å². The molecule has 0 fully saturated rings. The molecule has 12 heteroatoms. The Morgan fingerprint density at radius 1 is 1.22 bits per heavy atom. The second kappa shape index (κ2) is 8.67. The molecule has 0 saturated carbocycles. The van der Waals surface area contributed by atoms with Crippen LogP contribution < -0.4 is 5.14 Å². The van der Waals surface area contributed by atoms with Crippen LogP contribution in [0.1, 0.15) is 21.6 Å². The average Bonchev–Trinajstić information content (AvgIpc) is 3.36. The third kappa shape index (κ3) is 4.21. The minimum Gasteiger partial charge on any atom is -0.593 e. The number of carboxylic acids is 1. The van der Waals surface area contributed by atoms with Crippen molar-refractivity contribution in [3.63, 3.8) is 0 Å². The molecule has 2 heterocycles. The van der Waals surface area contributed by atoms with Crippen molar-refractivity contribution in [2.45, 2.75) is 11.3 Å². The summed E-state index contributed by atoms with van der Waals surface area (Å²) >= 11 is -0.776. The molecule has 0 spiro atoms. The first-order valence-electron chi connectivity index (χ1n) is 8.95. The number of benzene rings is 2. The number of nitrogens with two attached hydrogens (primary N) is 1. The van der Waals surface area contributed by atoms with Gasteiger partial charge >= 0.3 is 5.97 Å². The highest BCUT2D eigenvalue weighted by atomic mass is 32.2. The number of aromatic carboxylic acids is 1. The standard InChI is InChI=1S/C20H14F2N4O4S2/c21-14-5-4-11(8-15(14)22)17-13(7-10-2-1-3-12(6-10)32(23)30)18(27)26(25-17)20-24-16(9-31-20)19(28)29/h1-6,8-9,27H,7,23H2,(H,28,29). The first-order valence-corrected chi connectivity index (χ1v) is 11.0. The number of halogens is 2. The van der Waals surface area contributed by atoms with E-state index in [4.69, 9.17) is 10.2 Å². The van der Waals surface area contributed by atoms with Crippen LogP contribution in [-0.2, 0) is 17.8 Å². The molecular weight excluding hydrogens is 462 g/mol. The maximum absolute atomic E-state index is 13.9. The van der Waals surface area contributed by atoms with Crippen molar-refractivity contribution in [1.82, 2.24) is 14.8 Å². The predicted molar refractivity (Wildman–Crippen MR) is 113 cm³/mol. The number of hydrogen-bond donors (Lipinski definition) is 3. The molecule has 1 atom stereocenters. The molecule has 4 N–H and O–H groups in total. The summed E-state index contributed by atoms with van der Waals surface area (Å²) in [6.45, 7) is 0. The Morgan fingerprint density at radius 3 is 2.66 bits per heavy atom. The lowest BCUT2D eigenvalue weighted by Crippen LogP contribution is -2.12. The van der Waals surface area contributed by atoms with E-state index in [1.165, 1.54) is 11.4 Å². The van der Waals surface area contributed by atoms with E-state index in [9.17, 15) is 23.2 Å². The molecule has 2 aromatic heterocycles. The lowest BCUT2D eigenvalue weighted by molar-refractivity contribution is 0.0691. The Balaban J connectivity index is 1.85. The molecule has 0 aliphatic rings. The Kier molecular flexibility index (Phi) is 5.93. The number of hydrogen-bond acceptors (Lipinski definition) is 7. The number of carboxylic acid groups (broad SMARTS) is 1. The molecule has 0 bridgehead atoms. The Hall–Kier alpha value is -3.32. The van der Waals surface area contributed by atoms with Crippen LogP contribution in [0.4, 0.5) is 8.78 Å². The molecule has 2 aromatic carbocycles. The van der Waals surface area contributed by atoms with Crippen molar-refractivity contribution < 1.29 is 28.3 Å². The van der Waals surface area contributed by atoms with Crippen LogP contribution in [0.15, 0.2) is 52.7 Å². The molecule has 4 rings (SSSR count). The maximum Gasteiger partial charge on any atom is 0.355 e. The Morgan fingerprint density at radius 2 is 2.00 bits per heavy atom. The number of rotatable bonds is 6. The maximum atomic E-state index is 13.9. The van der Waals surface area contributed by atoms with Gasteiger partial charge in [0, 0.05) is 22.9 Å². The summed E-state index contributed by atoms with van der Waals surface area (Å²) < 4.78 is 40.0. The van der Waals surface area contributed by atoms with Crippen LogP contribution in [0.2, 0.25) is 0 Å². The monoisotopic (exact) mass is 476 g/mol. The van der Waals surface area contributed by atoms with Gasteiger partial charge < -0.3 is 14.8 Å². The van der Waals surface area contributed by atoms with E-state index < -0.39 is 29.0 Å². The fraction of sp³-hybridized carbons (Fsp3) is 0.0500. The lowest BCUT2D eigenvalue weighted by atomic mass is 10.0.